The molecule has 0 spiro atoms. The van der Waals surface area contributed by atoms with Gasteiger partial charge in [0.15, 0.2) is 0 Å². The van der Waals surface area contributed by atoms with Gasteiger partial charge in [0, 0.05) is 5.92 Å². The molecule has 1 aliphatic rings. The van der Waals surface area contributed by atoms with E-state index in [1.54, 1.807) is 11.1 Å². The molecule has 0 saturated carbocycles. The van der Waals surface area contributed by atoms with Crippen molar-refractivity contribution in [1.29, 1.82) is 0 Å². The third kappa shape index (κ3) is 1.65. The molecule has 0 aromatic heterocycles. The third-order valence-electron chi connectivity index (χ3n) is 3.57. The van der Waals surface area contributed by atoms with Crippen molar-refractivity contribution in [3.63, 3.8) is 0 Å². The smallest absolute Gasteiger partial charge is 0.00921 e. The van der Waals surface area contributed by atoms with E-state index in [1.165, 1.54) is 24.8 Å². The minimum Gasteiger partial charge on any atom is -0.0622 e. The molecule has 0 amide bonds. The molecular weight excluding hydrogens is 192 g/mol. The Balaban J connectivity index is 2.05. The van der Waals surface area contributed by atoms with E-state index in [0.29, 0.717) is 5.92 Å². The zero-order valence-electron chi connectivity index (χ0n) is 9.39. The van der Waals surface area contributed by atoms with E-state index in [4.69, 9.17) is 0 Å². The van der Waals surface area contributed by atoms with Crippen molar-refractivity contribution in [2.75, 3.05) is 0 Å². The molecular formula is C16H16. The zero-order valence-corrected chi connectivity index (χ0v) is 9.39. The first-order chi connectivity index (χ1) is 7.95. The Labute approximate surface area is 96.9 Å². The Morgan fingerprint density at radius 2 is 1.56 bits per heavy atom. The highest BCUT2D eigenvalue weighted by atomic mass is 14.2. The van der Waals surface area contributed by atoms with E-state index >= 15 is 0 Å². The van der Waals surface area contributed by atoms with Crippen LogP contribution >= 0.6 is 0 Å². The predicted molar refractivity (Wildman–Crippen MR) is 67.7 cm³/mol. The fraction of sp³-hybridized carbons (Fsp3) is 0.250. The Morgan fingerprint density at radius 3 is 2.44 bits per heavy atom. The van der Waals surface area contributed by atoms with Crippen molar-refractivity contribution in [3.8, 4) is 0 Å². The van der Waals surface area contributed by atoms with Crippen LogP contribution in [0.5, 0.6) is 0 Å². The number of benzene rings is 2. The molecule has 3 rings (SSSR count). The SMILES string of the molecule is c1ccc([C@@H]2CCCc3ccccc32)cc1. The largest absolute Gasteiger partial charge is 0.0622 e. The van der Waals surface area contributed by atoms with Gasteiger partial charge < -0.3 is 0 Å². The molecule has 0 saturated heterocycles. The summed E-state index contributed by atoms with van der Waals surface area (Å²) in [6.07, 6.45) is 3.86. The van der Waals surface area contributed by atoms with Gasteiger partial charge in [0.25, 0.3) is 0 Å². The zero-order chi connectivity index (χ0) is 10.8. The van der Waals surface area contributed by atoms with Gasteiger partial charge in [0.2, 0.25) is 0 Å². The fourth-order valence-corrected chi connectivity index (χ4v) is 2.79. The lowest BCUT2D eigenvalue weighted by Crippen LogP contribution is -2.10. The highest BCUT2D eigenvalue weighted by Crippen LogP contribution is 2.36. The van der Waals surface area contributed by atoms with E-state index in [9.17, 15) is 0 Å². The Kier molecular flexibility index (Phi) is 2.49. The van der Waals surface area contributed by atoms with Crippen molar-refractivity contribution >= 4 is 0 Å². The van der Waals surface area contributed by atoms with Crippen LogP contribution in [0.15, 0.2) is 54.6 Å². The minimum absolute atomic E-state index is 0.617. The first kappa shape index (κ1) is 9.65. The lowest BCUT2D eigenvalue weighted by Gasteiger charge is -2.25. The minimum atomic E-state index is 0.617. The van der Waals surface area contributed by atoms with Gasteiger partial charge in [-0.3, -0.25) is 0 Å². The summed E-state index contributed by atoms with van der Waals surface area (Å²) in [4.78, 5) is 0. The molecule has 0 heteroatoms. The van der Waals surface area contributed by atoms with Gasteiger partial charge in [0.05, 0.1) is 0 Å². The molecule has 0 fully saturated rings. The lowest BCUT2D eigenvalue weighted by atomic mass is 9.79. The monoisotopic (exact) mass is 208 g/mol. The summed E-state index contributed by atoms with van der Waals surface area (Å²) in [5, 5.41) is 0. The topological polar surface area (TPSA) is 0 Å². The van der Waals surface area contributed by atoms with E-state index in [0.717, 1.165) is 0 Å². The van der Waals surface area contributed by atoms with Crippen LogP contribution in [0.3, 0.4) is 0 Å². The highest BCUT2D eigenvalue weighted by Gasteiger charge is 2.20. The van der Waals surface area contributed by atoms with Crippen molar-refractivity contribution in [3.05, 3.63) is 71.3 Å². The molecule has 0 N–H and O–H groups in total. The molecule has 2 aromatic carbocycles. The summed E-state index contributed by atoms with van der Waals surface area (Å²) in [5.74, 6) is 0.617. The van der Waals surface area contributed by atoms with Crippen LogP contribution in [0.4, 0.5) is 0 Å². The number of rotatable bonds is 1. The van der Waals surface area contributed by atoms with Gasteiger partial charge in [-0.2, -0.15) is 0 Å². The van der Waals surface area contributed by atoms with Gasteiger partial charge in [-0.25, -0.2) is 0 Å². The Morgan fingerprint density at radius 1 is 0.812 bits per heavy atom. The van der Waals surface area contributed by atoms with E-state index in [2.05, 4.69) is 54.6 Å². The molecule has 0 nitrogen and oxygen atoms in total. The number of fused-ring (bicyclic) bond motifs is 1. The second-order valence-electron chi connectivity index (χ2n) is 4.55. The van der Waals surface area contributed by atoms with Crippen LogP contribution < -0.4 is 0 Å². The normalized spacial score (nSPS) is 19.1. The van der Waals surface area contributed by atoms with E-state index < -0.39 is 0 Å². The summed E-state index contributed by atoms with van der Waals surface area (Å²) in [5.41, 5.74) is 4.55. The van der Waals surface area contributed by atoms with Crippen molar-refractivity contribution < 1.29 is 0 Å². The quantitative estimate of drug-likeness (QED) is 0.660. The standard InChI is InChI=1S/C16H16/c1-2-7-13(8-3-1)16-12-6-10-14-9-4-5-11-15(14)16/h1-5,7-9,11,16H,6,10,12H2/t16-/m0/s1. The van der Waals surface area contributed by atoms with Gasteiger partial charge in [-0.15, -0.1) is 0 Å². The molecule has 0 unspecified atom stereocenters. The van der Waals surface area contributed by atoms with Gasteiger partial charge in [-0.05, 0) is 36.0 Å². The van der Waals surface area contributed by atoms with Crippen molar-refractivity contribution in [2.45, 2.75) is 25.2 Å². The van der Waals surface area contributed by atoms with Crippen LogP contribution in [0.25, 0.3) is 0 Å². The first-order valence-electron chi connectivity index (χ1n) is 6.08. The fourth-order valence-electron chi connectivity index (χ4n) is 2.79. The average Bonchev–Trinajstić information content (AvgIpc) is 2.39. The summed E-state index contributed by atoms with van der Waals surface area (Å²) >= 11 is 0. The predicted octanol–water partition coefficient (Wildman–Crippen LogP) is 4.15. The number of hydrogen-bond acceptors (Lipinski definition) is 0. The molecule has 2 aromatic rings. The molecule has 16 heavy (non-hydrogen) atoms. The van der Waals surface area contributed by atoms with Crippen LogP contribution in [0, 0.1) is 0 Å². The van der Waals surface area contributed by atoms with Crippen molar-refractivity contribution in [1.82, 2.24) is 0 Å². The molecule has 0 bridgehead atoms. The Hall–Kier alpha value is -1.56. The summed E-state index contributed by atoms with van der Waals surface area (Å²) in [6, 6.07) is 19.8. The maximum absolute atomic E-state index is 2.30. The highest BCUT2D eigenvalue weighted by molar-refractivity contribution is 5.39. The van der Waals surface area contributed by atoms with Crippen molar-refractivity contribution in [2.24, 2.45) is 0 Å². The number of hydrogen-bond donors (Lipinski definition) is 0. The molecule has 1 atom stereocenters. The Bertz CT molecular complexity index is 470. The van der Waals surface area contributed by atoms with Gasteiger partial charge in [0.1, 0.15) is 0 Å². The molecule has 0 heterocycles. The summed E-state index contributed by atoms with van der Waals surface area (Å²) in [6.45, 7) is 0. The second-order valence-corrected chi connectivity index (χ2v) is 4.55. The molecule has 0 radical (unpaired) electrons. The van der Waals surface area contributed by atoms with Gasteiger partial charge >= 0.3 is 0 Å². The van der Waals surface area contributed by atoms with Crippen LogP contribution in [-0.2, 0) is 6.42 Å². The lowest BCUT2D eigenvalue weighted by molar-refractivity contribution is 0.616. The van der Waals surface area contributed by atoms with Gasteiger partial charge in [-0.1, -0.05) is 54.6 Å². The molecule has 1 aliphatic carbocycles. The summed E-state index contributed by atoms with van der Waals surface area (Å²) in [7, 11) is 0. The molecule has 80 valence electrons. The average molecular weight is 208 g/mol. The number of aryl methyl sites for hydroxylation is 1. The second kappa shape index (κ2) is 4.13. The maximum atomic E-state index is 2.30. The molecule has 0 aliphatic heterocycles. The summed E-state index contributed by atoms with van der Waals surface area (Å²) < 4.78 is 0. The third-order valence-corrected chi connectivity index (χ3v) is 3.57. The first-order valence-corrected chi connectivity index (χ1v) is 6.08. The maximum Gasteiger partial charge on any atom is 0.00921 e. The van der Waals surface area contributed by atoms with E-state index in [1.807, 2.05) is 0 Å². The van der Waals surface area contributed by atoms with E-state index in [-0.39, 0.29) is 0 Å². The van der Waals surface area contributed by atoms with Crippen LogP contribution in [-0.4, -0.2) is 0 Å². The van der Waals surface area contributed by atoms with Crippen LogP contribution in [0.2, 0.25) is 0 Å². The van der Waals surface area contributed by atoms with Crippen LogP contribution in [0.1, 0.15) is 35.4 Å².